The van der Waals surface area contributed by atoms with Crippen LogP contribution in [0.15, 0.2) is 48.5 Å². The lowest BCUT2D eigenvalue weighted by Gasteiger charge is -2.07. The standard InChI is InChI=1S/C16H13NO8/c1-22-13-6-2-11(3-7-13)15(18)23-10-24-16(19)25-14-8-4-12(5-9-14)17(20)21/h2-9H,10H2,1H3. The van der Waals surface area contributed by atoms with Gasteiger partial charge in [-0.2, -0.15) is 0 Å². The fourth-order valence-corrected chi connectivity index (χ4v) is 1.70. The van der Waals surface area contributed by atoms with E-state index in [1.54, 1.807) is 12.1 Å². The molecule has 0 aliphatic rings. The Morgan fingerprint density at radius 3 is 2.12 bits per heavy atom. The molecule has 2 aromatic rings. The van der Waals surface area contributed by atoms with Crippen molar-refractivity contribution in [3.63, 3.8) is 0 Å². The Bertz CT molecular complexity index is 755. The summed E-state index contributed by atoms with van der Waals surface area (Å²) >= 11 is 0. The van der Waals surface area contributed by atoms with E-state index < -0.39 is 23.8 Å². The maximum Gasteiger partial charge on any atom is 0.516 e. The van der Waals surface area contributed by atoms with E-state index in [0.717, 1.165) is 0 Å². The molecule has 0 heterocycles. The van der Waals surface area contributed by atoms with Crippen molar-refractivity contribution >= 4 is 17.8 Å². The minimum atomic E-state index is -1.11. The minimum absolute atomic E-state index is 0.0529. The number of nitro groups is 1. The maximum atomic E-state index is 11.7. The molecule has 0 fully saturated rings. The van der Waals surface area contributed by atoms with Crippen molar-refractivity contribution in [3.05, 3.63) is 64.2 Å². The number of benzene rings is 2. The van der Waals surface area contributed by atoms with E-state index >= 15 is 0 Å². The molecule has 0 N–H and O–H groups in total. The van der Waals surface area contributed by atoms with E-state index in [9.17, 15) is 19.7 Å². The molecular weight excluding hydrogens is 334 g/mol. The highest BCUT2D eigenvalue weighted by atomic mass is 16.8. The third-order valence-corrected chi connectivity index (χ3v) is 2.94. The fraction of sp³-hybridized carbons (Fsp3) is 0.125. The molecule has 25 heavy (non-hydrogen) atoms. The second-order valence-electron chi connectivity index (χ2n) is 4.53. The summed E-state index contributed by atoms with van der Waals surface area (Å²) in [7, 11) is 1.50. The Labute approximate surface area is 141 Å². The average molecular weight is 347 g/mol. The smallest absolute Gasteiger partial charge is 0.497 e. The van der Waals surface area contributed by atoms with Crippen molar-refractivity contribution in [3.8, 4) is 11.5 Å². The number of rotatable bonds is 6. The quantitative estimate of drug-likeness (QED) is 0.258. The number of hydrogen-bond donors (Lipinski definition) is 0. The Hall–Kier alpha value is -3.62. The van der Waals surface area contributed by atoms with Gasteiger partial charge in [-0.3, -0.25) is 10.1 Å². The van der Waals surface area contributed by atoms with Gasteiger partial charge < -0.3 is 18.9 Å². The fourth-order valence-electron chi connectivity index (χ4n) is 1.70. The Kier molecular flexibility index (Phi) is 5.88. The normalized spacial score (nSPS) is 9.80. The van der Waals surface area contributed by atoms with Gasteiger partial charge in [0, 0.05) is 12.1 Å². The van der Waals surface area contributed by atoms with Crippen LogP contribution in [0.4, 0.5) is 10.5 Å². The summed E-state index contributed by atoms with van der Waals surface area (Å²) in [5, 5.41) is 10.5. The predicted molar refractivity (Wildman–Crippen MR) is 83.5 cm³/mol. The lowest BCUT2D eigenvalue weighted by atomic mass is 10.2. The number of carbonyl (C=O) groups is 2. The molecule has 0 unspecified atom stereocenters. The lowest BCUT2D eigenvalue weighted by Crippen LogP contribution is -2.15. The van der Waals surface area contributed by atoms with Gasteiger partial charge >= 0.3 is 12.1 Å². The number of nitrogens with zero attached hydrogens (tertiary/aromatic N) is 1. The van der Waals surface area contributed by atoms with Gasteiger partial charge in [0.15, 0.2) is 0 Å². The highest BCUT2D eigenvalue weighted by molar-refractivity contribution is 5.89. The van der Waals surface area contributed by atoms with Gasteiger partial charge in [-0.25, -0.2) is 9.59 Å². The second kappa shape index (κ2) is 8.29. The van der Waals surface area contributed by atoms with Crippen LogP contribution in [0.1, 0.15) is 10.4 Å². The number of ether oxygens (including phenoxy) is 4. The molecule has 9 heteroatoms. The summed E-state index contributed by atoms with van der Waals surface area (Å²) in [5.74, 6) is -0.0534. The summed E-state index contributed by atoms with van der Waals surface area (Å²) in [4.78, 5) is 33.1. The molecule has 0 aromatic heterocycles. The molecule has 2 rings (SSSR count). The molecule has 0 saturated heterocycles. The molecule has 0 spiro atoms. The molecule has 0 amide bonds. The first-order chi connectivity index (χ1) is 12.0. The lowest BCUT2D eigenvalue weighted by molar-refractivity contribution is -0.384. The zero-order valence-electron chi connectivity index (χ0n) is 13.0. The molecular formula is C16H13NO8. The van der Waals surface area contributed by atoms with Gasteiger partial charge in [-0.1, -0.05) is 0 Å². The van der Waals surface area contributed by atoms with E-state index in [-0.39, 0.29) is 17.0 Å². The molecule has 0 atom stereocenters. The highest BCUT2D eigenvalue weighted by Crippen LogP contribution is 2.17. The Morgan fingerprint density at radius 1 is 0.960 bits per heavy atom. The molecule has 0 radical (unpaired) electrons. The summed E-state index contributed by atoms with van der Waals surface area (Å²) in [5.41, 5.74) is 0.113. The number of nitro benzene ring substituents is 1. The number of non-ortho nitro benzene ring substituents is 1. The Balaban J connectivity index is 1.77. The second-order valence-corrected chi connectivity index (χ2v) is 4.53. The number of carbonyl (C=O) groups excluding carboxylic acids is 2. The SMILES string of the molecule is COc1ccc(C(=O)OCOC(=O)Oc2ccc([N+](=O)[O-])cc2)cc1. The van der Waals surface area contributed by atoms with E-state index in [4.69, 9.17) is 14.2 Å². The van der Waals surface area contributed by atoms with Crippen LogP contribution in [0.2, 0.25) is 0 Å². The van der Waals surface area contributed by atoms with Crippen molar-refractivity contribution in [2.45, 2.75) is 0 Å². The first kappa shape index (κ1) is 17.7. The summed E-state index contributed by atoms with van der Waals surface area (Å²) in [6, 6.07) is 11.0. The third-order valence-electron chi connectivity index (χ3n) is 2.94. The van der Waals surface area contributed by atoms with Gasteiger partial charge in [0.05, 0.1) is 17.6 Å². The Morgan fingerprint density at radius 2 is 1.56 bits per heavy atom. The summed E-state index contributed by atoms with van der Waals surface area (Å²) < 4.78 is 19.1. The van der Waals surface area contributed by atoms with Crippen LogP contribution in [0, 0.1) is 10.1 Å². The van der Waals surface area contributed by atoms with Crippen molar-refractivity contribution in [1.82, 2.24) is 0 Å². The molecule has 9 nitrogen and oxygen atoms in total. The largest absolute Gasteiger partial charge is 0.516 e. The van der Waals surface area contributed by atoms with Crippen molar-refractivity contribution in [2.75, 3.05) is 13.9 Å². The van der Waals surface area contributed by atoms with Gasteiger partial charge in [0.25, 0.3) is 5.69 Å². The first-order valence-corrected chi connectivity index (χ1v) is 6.90. The number of esters is 1. The van der Waals surface area contributed by atoms with Crippen molar-refractivity contribution in [1.29, 1.82) is 0 Å². The van der Waals surface area contributed by atoms with Crippen LogP contribution in [0.3, 0.4) is 0 Å². The van der Waals surface area contributed by atoms with E-state index in [2.05, 4.69) is 4.74 Å². The van der Waals surface area contributed by atoms with Crippen LogP contribution < -0.4 is 9.47 Å². The van der Waals surface area contributed by atoms with E-state index in [0.29, 0.717) is 5.75 Å². The van der Waals surface area contributed by atoms with Crippen molar-refractivity contribution in [2.24, 2.45) is 0 Å². The predicted octanol–water partition coefficient (Wildman–Crippen LogP) is 2.93. The molecule has 0 saturated carbocycles. The number of methoxy groups -OCH3 is 1. The first-order valence-electron chi connectivity index (χ1n) is 6.90. The molecule has 130 valence electrons. The zero-order valence-corrected chi connectivity index (χ0v) is 13.0. The van der Waals surface area contributed by atoms with Crippen LogP contribution in [0.25, 0.3) is 0 Å². The van der Waals surface area contributed by atoms with Gasteiger partial charge in [0.1, 0.15) is 11.5 Å². The number of hydrogen-bond acceptors (Lipinski definition) is 8. The van der Waals surface area contributed by atoms with Crippen LogP contribution in [-0.2, 0) is 9.47 Å². The van der Waals surface area contributed by atoms with Crippen molar-refractivity contribution < 1.29 is 33.5 Å². The third kappa shape index (κ3) is 5.20. The molecule has 0 aliphatic heterocycles. The zero-order chi connectivity index (χ0) is 18.2. The highest BCUT2D eigenvalue weighted by Gasteiger charge is 2.11. The van der Waals surface area contributed by atoms with E-state index in [1.807, 2.05) is 0 Å². The van der Waals surface area contributed by atoms with Crippen LogP contribution in [-0.4, -0.2) is 31.0 Å². The summed E-state index contributed by atoms with van der Waals surface area (Å²) in [6.07, 6.45) is -1.11. The van der Waals surface area contributed by atoms with Crippen LogP contribution >= 0.6 is 0 Å². The van der Waals surface area contributed by atoms with Gasteiger partial charge in [-0.05, 0) is 36.4 Å². The summed E-state index contributed by atoms with van der Waals surface area (Å²) in [6.45, 7) is -0.642. The maximum absolute atomic E-state index is 11.7. The average Bonchev–Trinajstić information content (AvgIpc) is 2.62. The van der Waals surface area contributed by atoms with E-state index in [1.165, 1.54) is 43.5 Å². The molecule has 2 aromatic carbocycles. The van der Waals surface area contributed by atoms with Gasteiger partial charge in [-0.15, -0.1) is 0 Å². The molecule has 0 aliphatic carbocycles. The van der Waals surface area contributed by atoms with Gasteiger partial charge in [0.2, 0.25) is 6.79 Å². The topological polar surface area (TPSA) is 114 Å². The monoisotopic (exact) mass is 347 g/mol. The molecule has 0 bridgehead atoms. The minimum Gasteiger partial charge on any atom is -0.497 e. The van der Waals surface area contributed by atoms with Crippen LogP contribution in [0.5, 0.6) is 11.5 Å².